The van der Waals surface area contributed by atoms with Crippen LogP contribution in [0.4, 0.5) is 5.69 Å². The van der Waals surface area contributed by atoms with Gasteiger partial charge in [-0.15, -0.1) is 0 Å². The molecule has 4 aliphatic rings. The van der Waals surface area contributed by atoms with Crippen LogP contribution in [0.3, 0.4) is 0 Å². The average molecular weight is 553 g/mol. The highest BCUT2D eigenvalue weighted by atomic mass is 16.1. The Labute approximate surface area is 250 Å². The van der Waals surface area contributed by atoms with E-state index < -0.39 is 5.54 Å². The lowest BCUT2D eigenvalue weighted by Crippen LogP contribution is -2.48. The molecule has 2 atom stereocenters. The highest BCUT2D eigenvalue weighted by molar-refractivity contribution is 5.83. The number of hydrogen-bond donors (Lipinski definition) is 0. The Morgan fingerprint density at radius 3 is 1.71 bits per heavy atom. The number of carbonyl (C=O) groups excluding carboxylic acids is 1. The van der Waals surface area contributed by atoms with Gasteiger partial charge in [-0.05, 0) is 90.3 Å². The van der Waals surface area contributed by atoms with Gasteiger partial charge in [0.25, 0.3) is 0 Å². The van der Waals surface area contributed by atoms with Crippen LogP contribution < -0.4 is 4.90 Å². The Morgan fingerprint density at radius 2 is 1.24 bits per heavy atom. The maximum atomic E-state index is 12.5. The number of nitrogens with zero attached hydrogens (tertiary/aromatic N) is 2. The molecule has 212 valence electrons. The molecule has 0 N–H and O–H groups in total. The highest BCUT2D eigenvalue weighted by Crippen LogP contribution is 2.54. The number of hydrogen-bond acceptors (Lipinski definition) is 3. The largest absolute Gasteiger partial charge is 0.353 e. The van der Waals surface area contributed by atoms with Gasteiger partial charge in [0.2, 0.25) is 0 Å². The smallest absolute Gasteiger partial charge is 0.150 e. The minimum absolute atomic E-state index is 0.407. The Morgan fingerprint density at radius 1 is 0.714 bits per heavy atom. The fourth-order valence-electron chi connectivity index (χ4n) is 8.19. The van der Waals surface area contributed by atoms with E-state index in [0.29, 0.717) is 12.0 Å². The van der Waals surface area contributed by atoms with Gasteiger partial charge in [0.1, 0.15) is 11.8 Å². The van der Waals surface area contributed by atoms with E-state index in [1.54, 1.807) is 0 Å². The van der Waals surface area contributed by atoms with E-state index in [1.807, 2.05) is 0 Å². The van der Waals surface area contributed by atoms with Gasteiger partial charge < -0.3 is 4.90 Å². The maximum Gasteiger partial charge on any atom is 0.150 e. The predicted molar refractivity (Wildman–Crippen MR) is 170 cm³/mol. The second-order valence-corrected chi connectivity index (χ2v) is 13.2. The van der Waals surface area contributed by atoms with E-state index in [9.17, 15) is 4.79 Å². The first-order valence-corrected chi connectivity index (χ1v) is 16.0. The van der Waals surface area contributed by atoms with Crippen molar-refractivity contribution >= 4 is 12.0 Å². The Hall–Kier alpha value is -3.69. The fourth-order valence-corrected chi connectivity index (χ4v) is 8.19. The normalized spacial score (nSPS) is 21.4. The zero-order chi connectivity index (χ0) is 28.1. The Bertz CT molecular complexity index is 1450. The van der Waals surface area contributed by atoms with Crippen LogP contribution in [-0.2, 0) is 12.0 Å². The van der Waals surface area contributed by atoms with E-state index >= 15 is 0 Å². The molecule has 2 saturated carbocycles. The molecule has 0 aromatic heterocycles. The van der Waals surface area contributed by atoms with Gasteiger partial charge in [-0.2, -0.15) is 0 Å². The van der Waals surface area contributed by atoms with E-state index in [4.69, 9.17) is 0 Å². The molecule has 0 amide bonds. The molecule has 3 nitrogen and oxygen atoms in total. The molecule has 0 bridgehead atoms. The molecule has 8 rings (SSSR count). The first-order valence-electron chi connectivity index (χ1n) is 16.0. The van der Waals surface area contributed by atoms with Crippen molar-refractivity contribution in [1.82, 2.24) is 4.90 Å². The van der Waals surface area contributed by atoms with Gasteiger partial charge in [0.15, 0.2) is 0 Å². The first kappa shape index (κ1) is 26.0. The summed E-state index contributed by atoms with van der Waals surface area (Å²) in [6, 6.07) is 38.0. The first-order chi connectivity index (χ1) is 20.8. The summed E-state index contributed by atoms with van der Waals surface area (Å²) in [5, 5.41) is 0. The second-order valence-electron chi connectivity index (χ2n) is 13.2. The van der Waals surface area contributed by atoms with Crippen molar-refractivity contribution in [3.63, 3.8) is 0 Å². The molecule has 3 heteroatoms. The van der Waals surface area contributed by atoms with E-state index in [2.05, 4.69) is 113 Å². The average Bonchev–Trinajstić information content (AvgIpc) is 3.99. The maximum absolute atomic E-state index is 12.5. The molecule has 2 fully saturated rings. The molecule has 0 saturated heterocycles. The molecular formula is C39H40N2O. The number of carbonyl (C=O) groups is 1. The minimum atomic E-state index is -0.491. The molecule has 0 unspecified atom stereocenters. The molecule has 0 spiro atoms. The van der Waals surface area contributed by atoms with Crippen molar-refractivity contribution in [2.24, 2.45) is 11.8 Å². The lowest BCUT2D eigenvalue weighted by atomic mass is 9.75. The number of rotatable bonds is 10. The zero-order valence-electron chi connectivity index (χ0n) is 24.4. The van der Waals surface area contributed by atoms with Crippen molar-refractivity contribution in [2.75, 3.05) is 24.5 Å². The fraction of sp³-hybridized carbons (Fsp3) is 0.359. The SMILES string of the molecule is O=Cc1ccc2c3c1C[C@@H](N(CC1CC1)CC1CC1)C[C@H]3CN2C(c1ccccc1)(c1ccccc1)c1ccccc1. The van der Waals surface area contributed by atoms with Crippen molar-refractivity contribution in [1.29, 1.82) is 0 Å². The van der Waals surface area contributed by atoms with Gasteiger partial charge in [-0.1, -0.05) is 91.0 Å². The molecule has 3 aliphatic carbocycles. The summed E-state index contributed by atoms with van der Waals surface area (Å²) in [4.78, 5) is 18.0. The van der Waals surface area contributed by atoms with Crippen LogP contribution in [0.15, 0.2) is 103 Å². The summed E-state index contributed by atoms with van der Waals surface area (Å²) in [6.45, 7) is 3.43. The number of anilines is 1. The molecule has 4 aromatic rings. The van der Waals surface area contributed by atoms with Crippen molar-refractivity contribution < 1.29 is 4.79 Å². The molecule has 1 heterocycles. The third-order valence-corrected chi connectivity index (χ3v) is 10.5. The van der Waals surface area contributed by atoms with Crippen LogP contribution in [0.5, 0.6) is 0 Å². The second kappa shape index (κ2) is 10.5. The van der Waals surface area contributed by atoms with Crippen LogP contribution in [0, 0.1) is 11.8 Å². The van der Waals surface area contributed by atoms with E-state index in [-0.39, 0.29) is 0 Å². The van der Waals surface area contributed by atoms with Crippen LogP contribution in [0.25, 0.3) is 0 Å². The third-order valence-electron chi connectivity index (χ3n) is 10.5. The summed E-state index contributed by atoms with van der Waals surface area (Å²) in [7, 11) is 0. The minimum Gasteiger partial charge on any atom is -0.353 e. The number of aldehydes is 1. The molecule has 1 aliphatic heterocycles. The number of benzene rings is 4. The molecular weight excluding hydrogens is 512 g/mol. The molecule has 42 heavy (non-hydrogen) atoms. The van der Waals surface area contributed by atoms with Crippen molar-refractivity contribution in [3.8, 4) is 0 Å². The van der Waals surface area contributed by atoms with Gasteiger partial charge in [0, 0.05) is 42.8 Å². The molecule has 0 radical (unpaired) electrons. The summed E-state index contributed by atoms with van der Waals surface area (Å²) >= 11 is 0. The summed E-state index contributed by atoms with van der Waals surface area (Å²) < 4.78 is 0. The summed E-state index contributed by atoms with van der Waals surface area (Å²) in [6.07, 6.45) is 8.84. The summed E-state index contributed by atoms with van der Waals surface area (Å²) in [5.41, 5.74) is 8.26. The van der Waals surface area contributed by atoms with Crippen LogP contribution >= 0.6 is 0 Å². The third kappa shape index (κ3) is 4.41. The highest BCUT2D eigenvalue weighted by Gasteiger charge is 2.49. The Balaban J connectivity index is 1.29. The van der Waals surface area contributed by atoms with Crippen LogP contribution in [0.1, 0.15) is 76.2 Å². The predicted octanol–water partition coefficient (Wildman–Crippen LogP) is 7.83. The summed E-state index contributed by atoms with van der Waals surface area (Å²) in [5.74, 6) is 2.16. The van der Waals surface area contributed by atoms with Gasteiger partial charge in [-0.3, -0.25) is 9.69 Å². The van der Waals surface area contributed by atoms with Crippen molar-refractivity contribution in [3.05, 3.63) is 137 Å². The topological polar surface area (TPSA) is 23.6 Å². The molecule has 4 aromatic carbocycles. The van der Waals surface area contributed by atoms with E-state index in [1.165, 1.54) is 78.7 Å². The lowest BCUT2D eigenvalue weighted by Gasteiger charge is -2.45. The van der Waals surface area contributed by atoms with Crippen LogP contribution in [-0.4, -0.2) is 36.9 Å². The lowest BCUT2D eigenvalue weighted by molar-refractivity contribution is 0.112. The van der Waals surface area contributed by atoms with Gasteiger partial charge in [0.05, 0.1) is 0 Å². The monoisotopic (exact) mass is 552 g/mol. The quantitative estimate of drug-likeness (QED) is 0.148. The van der Waals surface area contributed by atoms with E-state index in [0.717, 1.165) is 36.7 Å². The standard InChI is InChI=1S/C39H40N2O/c42-27-30-20-21-37-38-31(22-35(23-36(30)38)40(24-28-16-17-28)25-29-18-19-29)26-41(37)39(32-10-4-1-5-11-32,33-12-6-2-7-13-33)34-14-8-3-9-15-34/h1-15,20-21,27-29,31,35H,16-19,22-26H2/t31-,35-/m0/s1. The van der Waals surface area contributed by atoms with Crippen LogP contribution in [0.2, 0.25) is 0 Å². The van der Waals surface area contributed by atoms with Gasteiger partial charge in [-0.25, -0.2) is 0 Å². The van der Waals surface area contributed by atoms with Gasteiger partial charge >= 0.3 is 0 Å². The zero-order valence-corrected chi connectivity index (χ0v) is 24.4. The van der Waals surface area contributed by atoms with Crippen molar-refractivity contribution in [2.45, 2.75) is 56.0 Å². The Kier molecular flexibility index (Phi) is 6.52.